The molecule has 0 saturated carbocycles. The van der Waals surface area contributed by atoms with Crippen LogP contribution in [0, 0.1) is 0 Å². The number of benzene rings is 3. The summed E-state index contributed by atoms with van der Waals surface area (Å²) in [5.74, 6) is 1.54. The molecule has 0 aromatic heterocycles. The van der Waals surface area contributed by atoms with Gasteiger partial charge in [-0.05, 0) is 61.9 Å². The van der Waals surface area contributed by atoms with Crippen molar-refractivity contribution in [2.45, 2.75) is 26.4 Å². The summed E-state index contributed by atoms with van der Waals surface area (Å²) in [5.41, 5.74) is 2.43. The molecule has 0 aliphatic rings. The number of carbonyl (C=O) groups excluding carboxylic acids is 1. The van der Waals surface area contributed by atoms with E-state index in [1.807, 2.05) is 19.9 Å². The minimum atomic E-state index is -3.59. The lowest BCUT2D eigenvalue weighted by molar-refractivity contribution is 0.0939. The highest BCUT2D eigenvalue weighted by Crippen LogP contribution is 2.32. The van der Waals surface area contributed by atoms with E-state index >= 15 is 0 Å². The largest absolute Gasteiger partial charge is 0.497 e. The number of amides is 1. The predicted molar refractivity (Wildman–Crippen MR) is 141 cm³/mol. The smallest absolute Gasteiger partial charge is 0.251 e. The molecule has 0 radical (unpaired) electrons. The van der Waals surface area contributed by atoms with Gasteiger partial charge in [-0.1, -0.05) is 24.3 Å². The van der Waals surface area contributed by atoms with Crippen LogP contribution >= 0.6 is 0 Å². The Morgan fingerprint density at radius 1 is 0.972 bits per heavy atom. The molecule has 0 aliphatic carbocycles. The molecule has 0 fully saturated rings. The number of ether oxygens (including phenoxy) is 3. The maximum atomic E-state index is 12.9. The van der Waals surface area contributed by atoms with Gasteiger partial charge >= 0.3 is 0 Å². The van der Waals surface area contributed by atoms with Crippen molar-refractivity contribution in [3.8, 4) is 17.2 Å². The van der Waals surface area contributed by atoms with E-state index in [0.717, 1.165) is 17.4 Å². The molecular weight excluding hydrogens is 480 g/mol. The maximum Gasteiger partial charge on any atom is 0.251 e. The van der Waals surface area contributed by atoms with E-state index < -0.39 is 10.0 Å². The van der Waals surface area contributed by atoms with Crippen LogP contribution in [0.1, 0.15) is 41.4 Å². The van der Waals surface area contributed by atoms with Gasteiger partial charge in [0.05, 0.1) is 45.4 Å². The second-order valence-electron chi connectivity index (χ2n) is 8.17. The number of hydrogen-bond acceptors (Lipinski definition) is 6. The monoisotopic (exact) mass is 512 g/mol. The Kier molecular flexibility index (Phi) is 8.82. The zero-order valence-electron chi connectivity index (χ0n) is 21.1. The van der Waals surface area contributed by atoms with E-state index in [2.05, 4.69) is 5.32 Å². The van der Waals surface area contributed by atoms with Gasteiger partial charge in [-0.2, -0.15) is 0 Å². The first-order valence-corrected chi connectivity index (χ1v) is 13.3. The fourth-order valence-electron chi connectivity index (χ4n) is 3.78. The summed E-state index contributed by atoms with van der Waals surface area (Å²) in [6.07, 6.45) is 1.16. The number of anilines is 1. The van der Waals surface area contributed by atoms with Crippen LogP contribution < -0.4 is 23.8 Å². The highest BCUT2D eigenvalue weighted by molar-refractivity contribution is 7.92. The third kappa shape index (κ3) is 6.48. The third-order valence-corrected chi connectivity index (χ3v) is 6.75. The molecule has 3 rings (SSSR count). The van der Waals surface area contributed by atoms with Crippen LogP contribution in [-0.2, 0) is 16.6 Å². The molecule has 192 valence electrons. The number of nitrogens with zero attached hydrogens (tertiary/aromatic N) is 1. The highest BCUT2D eigenvalue weighted by atomic mass is 32.2. The number of rotatable bonds is 11. The van der Waals surface area contributed by atoms with Crippen LogP contribution in [0.25, 0.3) is 0 Å². The Balaban J connectivity index is 1.78. The molecule has 1 atom stereocenters. The van der Waals surface area contributed by atoms with Gasteiger partial charge in [0, 0.05) is 11.1 Å². The van der Waals surface area contributed by atoms with E-state index in [0.29, 0.717) is 35.1 Å². The molecule has 9 heteroatoms. The van der Waals surface area contributed by atoms with Crippen molar-refractivity contribution in [3.63, 3.8) is 0 Å². The van der Waals surface area contributed by atoms with Crippen molar-refractivity contribution in [1.82, 2.24) is 5.32 Å². The zero-order chi connectivity index (χ0) is 26.3. The maximum absolute atomic E-state index is 12.9. The van der Waals surface area contributed by atoms with Gasteiger partial charge in [0.1, 0.15) is 17.2 Å². The molecule has 0 bridgehead atoms. The summed E-state index contributed by atoms with van der Waals surface area (Å²) in [5, 5.41) is 2.97. The fourth-order valence-corrected chi connectivity index (χ4v) is 4.68. The summed E-state index contributed by atoms with van der Waals surface area (Å²) in [4.78, 5) is 12.9. The molecule has 0 heterocycles. The number of carbonyl (C=O) groups is 1. The molecule has 36 heavy (non-hydrogen) atoms. The molecule has 3 aromatic carbocycles. The van der Waals surface area contributed by atoms with Crippen molar-refractivity contribution in [3.05, 3.63) is 83.4 Å². The summed E-state index contributed by atoms with van der Waals surface area (Å²) < 4.78 is 42.9. The van der Waals surface area contributed by atoms with Crippen molar-refractivity contribution in [1.29, 1.82) is 0 Å². The van der Waals surface area contributed by atoms with Crippen molar-refractivity contribution in [2.75, 3.05) is 31.4 Å². The Labute approximate surface area is 212 Å². The fraction of sp³-hybridized carbons (Fsp3) is 0.296. The van der Waals surface area contributed by atoms with Gasteiger partial charge in [-0.15, -0.1) is 0 Å². The van der Waals surface area contributed by atoms with Gasteiger partial charge in [0.15, 0.2) is 0 Å². The standard InChI is InChI=1S/C27H32N2O6S/c1-6-35-26-10-8-7-9-24(26)29(36(5,31)32)18-20-11-13-21(14-12-20)27(30)28-19(2)23-17-22(33-3)15-16-25(23)34-4/h7-17,19H,6,18H2,1-5H3,(H,28,30)/t19-/m1/s1. The second kappa shape index (κ2) is 11.8. The van der Waals surface area contributed by atoms with E-state index in [-0.39, 0.29) is 18.5 Å². The predicted octanol–water partition coefficient (Wildman–Crippen LogP) is 4.56. The number of hydrogen-bond donors (Lipinski definition) is 1. The van der Waals surface area contributed by atoms with Gasteiger partial charge in [-0.25, -0.2) is 8.42 Å². The quantitative estimate of drug-likeness (QED) is 0.405. The zero-order valence-corrected chi connectivity index (χ0v) is 22.0. The Bertz CT molecular complexity index is 1290. The topological polar surface area (TPSA) is 94.2 Å². The normalized spacial score (nSPS) is 11.9. The molecule has 0 aliphatic heterocycles. The highest BCUT2D eigenvalue weighted by Gasteiger charge is 2.22. The summed E-state index contributed by atoms with van der Waals surface area (Å²) in [7, 11) is -0.436. The average molecular weight is 513 g/mol. The van der Waals surface area contributed by atoms with Crippen LogP contribution in [0.15, 0.2) is 66.7 Å². The molecule has 0 saturated heterocycles. The number of nitrogens with one attached hydrogen (secondary N) is 1. The van der Waals surface area contributed by atoms with Gasteiger partial charge in [-0.3, -0.25) is 9.10 Å². The molecule has 1 amide bonds. The summed E-state index contributed by atoms with van der Waals surface area (Å²) >= 11 is 0. The summed E-state index contributed by atoms with van der Waals surface area (Å²) in [6.45, 7) is 4.22. The van der Waals surface area contributed by atoms with Gasteiger partial charge in [0.25, 0.3) is 5.91 Å². The van der Waals surface area contributed by atoms with Crippen LogP contribution in [0.2, 0.25) is 0 Å². The van der Waals surface area contributed by atoms with Crippen LogP contribution in [0.3, 0.4) is 0 Å². The van der Waals surface area contributed by atoms with Crippen LogP contribution in [0.4, 0.5) is 5.69 Å². The molecule has 8 nitrogen and oxygen atoms in total. The van der Waals surface area contributed by atoms with Gasteiger partial charge < -0.3 is 19.5 Å². The SMILES string of the molecule is CCOc1ccccc1N(Cc1ccc(C(=O)N[C@H](C)c2cc(OC)ccc2OC)cc1)S(C)(=O)=O. The molecule has 3 aromatic rings. The lowest BCUT2D eigenvalue weighted by atomic mass is 10.1. The molecule has 0 unspecified atom stereocenters. The van der Waals surface area contributed by atoms with Crippen molar-refractivity contribution < 1.29 is 27.4 Å². The first-order chi connectivity index (χ1) is 17.2. The van der Waals surface area contributed by atoms with E-state index in [9.17, 15) is 13.2 Å². The van der Waals surface area contributed by atoms with Crippen LogP contribution in [0.5, 0.6) is 17.2 Å². The first kappa shape index (κ1) is 26.9. The first-order valence-electron chi connectivity index (χ1n) is 11.5. The lowest BCUT2D eigenvalue weighted by Gasteiger charge is -2.24. The van der Waals surface area contributed by atoms with Crippen molar-refractivity contribution in [2.24, 2.45) is 0 Å². The van der Waals surface area contributed by atoms with E-state index in [1.54, 1.807) is 74.9 Å². The number of sulfonamides is 1. The lowest BCUT2D eigenvalue weighted by Crippen LogP contribution is -2.30. The Morgan fingerprint density at radius 3 is 2.28 bits per heavy atom. The van der Waals surface area contributed by atoms with Crippen LogP contribution in [-0.4, -0.2) is 41.4 Å². The second-order valence-corrected chi connectivity index (χ2v) is 10.1. The molecule has 0 spiro atoms. The van der Waals surface area contributed by atoms with Crippen molar-refractivity contribution >= 4 is 21.6 Å². The van der Waals surface area contributed by atoms with E-state index in [4.69, 9.17) is 14.2 Å². The number of para-hydroxylation sites is 2. The molecule has 1 N–H and O–H groups in total. The third-order valence-electron chi connectivity index (χ3n) is 5.63. The van der Waals surface area contributed by atoms with Gasteiger partial charge in [0.2, 0.25) is 10.0 Å². The molecular formula is C27H32N2O6S. The number of methoxy groups -OCH3 is 2. The minimum Gasteiger partial charge on any atom is -0.497 e. The van der Waals surface area contributed by atoms with E-state index in [1.165, 1.54) is 4.31 Å². The minimum absolute atomic E-state index is 0.0994. The average Bonchev–Trinajstić information content (AvgIpc) is 2.87. The Morgan fingerprint density at radius 2 is 1.67 bits per heavy atom. The Hall–Kier alpha value is -3.72. The summed E-state index contributed by atoms with van der Waals surface area (Å²) in [6, 6.07) is 18.9.